The number of nitrogens with zero attached hydrogens (tertiary/aromatic N) is 2. The molecule has 2 aliphatic heterocycles. The van der Waals surface area contributed by atoms with E-state index in [0.29, 0.717) is 35.1 Å². The van der Waals surface area contributed by atoms with Gasteiger partial charge in [0, 0.05) is 23.3 Å². The summed E-state index contributed by atoms with van der Waals surface area (Å²) < 4.78 is 0. The van der Waals surface area contributed by atoms with E-state index >= 15 is 0 Å². The Morgan fingerprint density at radius 1 is 1.35 bits per heavy atom. The zero-order valence-electron chi connectivity index (χ0n) is 12.3. The highest BCUT2D eigenvalue weighted by Gasteiger charge is 2.34. The lowest BCUT2D eigenvalue weighted by atomic mass is 10.0. The van der Waals surface area contributed by atoms with Crippen molar-refractivity contribution in [2.75, 3.05) is 13.1 Å². The molecule has 2 aliphatic rings. The van der Waals surface area contributed by atoms with Crippen LogP contribution in [0.5, 0.6) is 0 Å². The van der Waals surface area contributed by atoms with E-state index in [1.165, 1.54) is 6.20 Å². The number of amides is 2. The third kappa shape index (κ3) is 2.59. The minimum atomic E-state index is -1.08. The Morgan fingerprint density at radius 3 is 2.70 bits per heavy atom. The summed E-state index contributed by atoms with van der Waals surface area (Å²) in [5.41, 5.74) is 11.5. The highest BCUT2D eigenvalue weighted by molar-refractivity contribution is 6.31. The second-order valence-corrected chi connectivity index (χ2v) is 5.74. The maximum atomic E-state index is 11.9. The maximum absolute atomic E-state index is 11.9. The van der Waals surface area contributed by atoms with Crippen LogP contribution in [0, 0.1) is 6.92 Å². The number of hydrazine groups is 1. The minimum Gasteiger partial charge on any atom is -0.465 e. The van der Waals surface area contributed by atoms with Gasteiger partial charge < -0.3 is 10.8 Å². The summed E-state index contributed by atoms with van der Waals surface area (Å²) in [5.74, 6) is -0.634. The normalized spacial score (nSPS) is 16.9. The summed E-state index contributed by atoms with van der Waals surface area (Å²) in [4.78, 5) is 24.2. The largest absolute Gasteiger partial charge is 0.465 e. The molecule has 23 heavy (non-hydrogen) atoms. The standard InChI is InChI=1S/C15H15ClN4O3/c1-8-2-3-9(6-10(8)16)13-12(14(17)21)11-7-19(15(22)23)4-5-20(11)18-13/h2-3,6-7,18H,4-5H2,1H3,(H2,17,21)(H,22,23). The zero-order chi connectivity index (χ0) is 16.7. The Balaban J connectivity index is 2.11. The topological polar surface area (TPSA) is 98.9 Å². The van der Waals surface area contributed by atoms with Gasteiger partial charge in [-0.1, -0.05) is 23.7 Å². The number of carboxylic acid groups (broad SMARTS) is 1. The van der Waals surface area contributed by atoms with Gasteiger partial charge in [-0.25, -0.2) is 4.79 Å². The van der Waals surface area contributed by atoms with E-state index < -0.39 is 12.0 Å². The molecule has 0 spiro atoms. The van der Waals surface area contributed by atoms with Gasteiger partial charge in [-0.05, 0) is 18.6 Å². The van der Waals surface area contributed by atoms with E-state index in [2.05, 4.69) is 5.43 Å². The van der Waals surface area contributed by atoms with Crippen molar-refractivity contribution in [2.24, 2.45) is 5.73 Å². The van der Waals surface area contributed by atoms with Gasteiger partial charge in [-0.15, -0.1) is 0 Å². The van der Waals surface area contributed by atoms with Crippen LogP contribution in [0.1, 0.15) is 11.1 Å². The van der Waals surface area contributed by atoms with E-state index in [1.807, 2.05) is 19.1 Å². The molecular formula is C15H15ClN4O3. The summed E-state index contributed by atoms with van der Waals surface area (Å²) in [5, 5.41) is 11.4. The fraction of sp³-hybridized carbons (Fsp3) is 0.200. The predicted molar refractivity (Wildman–Crippen MR) is 85.0 cm³/mol. The van der Waals surface area contributed by atoms with Crippen LogP contribution in [0.2, 0.25) is 5.02 Å². The molecule has 4 N–H and O–H groups in total. The summed E-state index contributed by atoms with van der Waals surface area (Å²) in [7, 11) is 0. The number of rotatable bonds is 2. The number of carbonyl (C=O) groups is 2. The third-order valence-electron chi connectivity index (χ3n) is 3.84. The van der Waals surface area contributed by atoms with Crippen molar-refractivity contribution in [2.45, 2.75) is 6.92 Å². The molecule has 0 radical (unpaired) electrons. The molecule has 120 valence electrons. The smallest absolute Gasteiger partial charge is 0.411 e. The minimum absolute atomic E-state index is 0.246. The van der Waals surface area contributed by atoms with Gasteiger partial charge in [0.25, 0.3) is 5.91 Å². The van der Waals surface area contributed by atoms with Crippen molar-refractivity contribution in [3.63, 3.8) is 0 Å². The number of nitrogens with one attached hydrogen (secondary N) is 1. The average Bonchev–Trinajstić information content (AvgIpc) is 2.88. The first-order chi connectivity index (χ1) is 10.9. The van der Waals surface area contributed by atoms with Crippen molar-refractivity contribution in [1.82, 2.24) is 15.3 Å². The van der Waals surface area contributed by atoms with Gasteiger partial charge in [0.1, 0.15) is 0 Å². The molecular weight excluding hydrogens is 320 g/mol. The first kappa shape index (κ1) is 15.2. The second-order valence-electron chi connectivity index (χ2n) is 5.33. The van der Waals surface area contributed by atoms with Crippen LogP contribution in [0.3, 0.4) is 0 Å². The third-order valence-corrected chi connectivity index (χ3v) is 4.25. The molecule has 0 unspecified atom stereocenters. The highest BCUT2D eigenvalue weighted by Crippen LogP contribution is 2.33. The summed E-state index contributed by atoms with van der Waals surface area (Å²) in [6, 6.07) is 5.43. The van der Waals surface area contributed by atoms with Crippen molar-refractivity contribution in [3.8, 4) is 0 Å². The molecule has 7 nitrogen and oxygen atoms in total. The van der Waals surface area contributed by atoms with Crippen LogP contribution in [0.4, 0.5) is 4.79 Å². The number of hydrogen-bond donors (Lipinski definition) is 3. The van der Waals surface area contributed by atoms with E-state index in [0.717, 1.165) is 10.5 Å². The highest BCUT2D eigenvalue weighted by atomic mass is 35.5. The number of carbonyl (C=O) groups excluding carboxylic acids is 1. The van der Waals surface area contributed by atoms with Crippen LogP contribution in [-0.2, 0) is 4.79 Å². The molecule has 1 aromatic carbocycles. The number of fused-ring (bicyclic) bond motifs is 1. The van der Waals surface area contributed by atoms with Crippen LogP contribution in [-0.4, -0.2) is 40.1 Å². The first-order valence-corrected chi connectivity index (χ1v) is 7.33. The van der Waals surface area contributed by atoms with Gasteiger partial charge in [0.05, 0.1) is 23.5 Å². The summed E-state index contributed by atoms with van der Waals surface area (Å²) in [6.07, 6.45) is 0.328. The Labute approximate surface area is 137 Å². The Kier molecular flexibility index (Phi) is 3.65. The molecule has 0 aromatic heterocycles. The van der Waals surface area contributed by atoms with Crippen LogP contribution < -0.4 is 11.2 Å². The van der Waals surface area contributed by atoms with Gasteiger partial charge in [0.2, 0.25) is 0 Å². The fourth-order valence-electron chi connectivity index (χ4n) is 2.60. The number of hydrogen-bond acceptors (Lipinski definition) is 4. The second kappa shape index (κ2) is 5.51. The average molecular weight is 335 g/mol. The summed E-state index contributed by atoms with van der Waals surface area (Å²) in [6.45, 7) is 2.58. The SMILES string of the molecule is Cc1ccc(C2=C(C(N)=O)C3=CN(C(=O)O)CCN3N2)cc1Cl. The lowest BCUT2D eigenvalue weighted by molar-refractivity contribution is -0.114. The summed E-state index contributed by atoms with van der Waals surface area (Å²) >= 11 is 6.16. The predicted octanol–water partition coefficient (Wildman–Crippen LogP) is 1.50. The van der Waals surface area contributed by atoms with Gasteiger partial charge in [-0.3, -0.25) is 20.1 Å². The quantitative estimate of drug-likeness (QED) is 0.761. The molecule has 0 atom stereocenters. The Bertz CT molecular complexity index is 772. The van der Waals surface area contributed by atoms with E-state index in [4.69, 9.17) is 22.4 Å². The molecule has 8 heteroatoms. The molecule has 0 bridgehead atoms. The van der Waals surface area contributed by atoms with Crippen molar-refractivity contribution >= 4 is 29.3 Å². The lowest BCUT2D eigenvalue weighted by Crippen LogP contribution is -2.43. The van der Waals surface area contributed by atoms with Crippen LogP contribution in [0.25, 0.3) is 5.70 Å². The molecule has 2 amide bonds. The number of primary amides is 1. The Morgan fingerprint density at radius 2 is 2.09 bits per heavy atom. The van der Waals surface area contributed by atoms with Crippen molar-refractivity contribution < 1.29 is 14.7 Å². The Hall–Kier alpha value is -2.67. The van der Waals surface area contributed by atoms with Gasteiger partial charge in [0.15, 0.2) is 0 Å². The number of halogens is 1. The van der Waals surface area contributed by atoms with Crippen molar-refractivity contribution in [3.05, 3.63) is 51.8 Å². The molecule has 1 aromatic rings. The number of aryl methyl sites for hydroxylation is 1. The molecule has 0 fully saturated rings. The lowest BCUT2D eigenvalue weighted by Gasteiger charge is -2.30. The fourth-order valence-corrected chi connectivity index (χ4v) is 2.78. The zero-order valence-corrected chi connectivity index (χ0v) is 13.1. The number of benzene rings is 1. The van der Waals surface area contributed by atoms with E-state index in [9.17, 15) is 9.59 Å². The molecule has 0 aliphatic carbocycles. The van der Waals surface area contributed by atoms with E-state index in [-0.39, 0.29) is 5.57 Å². The van der Waals surface area contributed by atoms with Gasteiger partial charge in [-0.2, -0.15) is 0 Å². The molecule has 0 saturated heterocycles. The number of nitrogens with two attached hydrogens (primary N) is 1. The van der Waals surface area contributed by atoms with E-state index in [1.54, 1.807) is 11.1 Å². The molecule has 3 rings (SSSR count). The molecule has 2 heterocycles. The monoisotopic (exact) mass is 334 g/mol. The van der Waals surface area contributed by atoms with Crippen molar-refractivity contribution in [1.29, 1.82) is 0 Å². The van der Waals surface area contributed by atoms with Crippen LogP contribution >= 0.6 is 11.6 Å². The molecule has 0 saturated carbocycles. The maximum Gasteiger partial charge on any atom is 0.411 e. The first-order valence-electron chi connectivity index (χ1n) is 6.95. The van der Waals surface area contributed by atoms with Crippen LogP contribution in [0.15, 0.2) is 35.7 Å². The van der Waals surface area contributed by atoms with Gasteiger partial charge >= 0.3 is 6.09 Å².